The number of benzene rings is 2. The van der Waals surface area contributed by atoms with Crippen LogP contribution in [0.15, 0.2) is 61.7 Å². The predicted octanol–water partition coefficient (Wildman–Crippen LogP) is 4.79. The Balaban J connectivity index is 2.47. The first-order chi connectivity index (χ1) is 18.0. The van der Waals surface area contributed by atoms with Crippen molar-refractivity contribution < 1.29 is 36.1 Å². The molecule has 0 aromatic heterocycles. The van der Waals surface area contributed by atoms with Crippen molar-refractivity contribution in [3.63, 3.8) is 0 Å². The Bertz CT molecular complexity index is 1260. The molecule has 2 aromatic carbocycles. The summed E-state index contributed by atoms with van der Waals surface area (Å²) in [6, 6.07) is 8.85. The number of nitrogens with one attached hydrogen (secondary N) is 1. The van der Waals surface area contributed by atoms with Gasteiger partial charge in [0.05, 0.1) is 32.4 Å². The van der Waals surface area contributed by atoms with Crippen LogP contribution >= 0.6 is 0 Å². The number of unbranched alkanes of at least 4 members (excludes halogenated alkanes) is 1. The number of rotatable bonds is 15. The van der Waals surface area contributed by atoms with Crippen molar-refractivity contribution in [1.82, 2.24) is 5.32 Å². The van der Waals surface area contributed by atoms with Crippen LogP contribution in [0.1, 0.15) is 42.9 Å². The molecule has 10 heteroatoms. The Labute approximate surface area is 223 Å². The first-order valence-corrected chi connectivity index (χ1v) is 13.8. The molecule has 0 heterocycles. The van der Waals surface area contributed by atoms with Gasteiger partial charge in [-0.15, -0.1) is 13.2 Å². The van der Waals surface area contributed by atoms with Crippen LogP contribution < -0.4 is 10.1 Å². The minimum absolute atomic E-state index is 0.0643. The second-order valence-electron chi connectivity index (χ2n) is 8.66. The van der Waals surface area contributed by atoms with Crippen LogP contribution in [0, 0.1) is 12.7 Å². The number of carbonyl (C=O) groups excluding carboxylic acids is 2. The maximum Gasteiger partial charge on any atom is 0.307 e. The molecule has 2 atom stereocenters. The van der Waals surface area contributed by atoms with Gasteiger partial charge in [-0.05, 0) is 48.6 Å². The number of hydrogen-bond acceptors (Lipinski definition) is 7. The summed E-state index contributed by atoms with van der Waals surface area (Å²) in [7, 11) is -2.71. The molecule has 0 aliphatic rings. The minimum atomic E-state index is -3.94. The van der Waals surface area contributed by atoms with Gasteiger partial charge in [-0.1, -0.05) is 30.4 Å². The van der Waals surface area contributed by atoms with Gasteiger partial charge in [0, 0.05) is 18.1 Å². The molecule has 2 aromatic rings. The maximum atomic E-state index is 14.2. The van der Waals surface area contributed by atoms with E-state index in [2.05, 4.69) is 18.5 Å². The van der Waals surface area contributed by atoms with Crippen molar-refractivity contribution in [2.24, 2.45) is 0 Å². The molecule has 0 saturated heterocycles. The van der Waals surface area contributed by atoms with E-state index in [0.717, 1.165) is 12.7 Å². The number of carbonyl (C=O) groups is 2. The standard InChI is InChI=1S/C28H34FNO7S/c1-6-8-9-14-36-25-17-22(29)15-19(3)27(25)21-13-10-12-20(16-21)23(18-26(31)35-4)30-28(32)24(11-7-2)37-38(5,33)34/h6-7,10,12-13,15-17,23-24H,1-2,8-9,11,14,18H2,3-5H3,(H,30,32)/t23-,24+/m0/s1. The van der Waals surface area contributed by atoms with Gasteiger partial charge in [0.1, 0.15) is 11.6 Å². The molecule has 0 bridgehead atoms. The smallest absolute Gasteiger partial charge is 0.307 e. The van der Waals surface area contributed by atoms with Crippen LogP contribution in [0.2, 0.25) is 0 Å². The van der Waals surface area contributed by atoms with Crippen molar-refractivity contribution in [3.8, 4) is 16.9 Å². The number of amides is 1. The predicted molar refractivity (Wildman–Crippen MR) is 144 cm³/mol. The van der Waals surface area contributed by atoms with Gasteiger partial charge in [-0.2, -0.15) is 8.42 Å². The third kappa shape index (κ3) is 9.42. The molecule has 0 saturated carbocycles. The Morgan fingerprint density at radius 2 is 1.89 bits per heavy atom. The lowest BCUT2D eigenvalue weighted by Crippen LogP contribution is -2.40. The van der Waals surface area contributed by atoms with Crippen molar-refractivity contribution >= 4 is 22.0 Å². The van der Waals surface area contributed by atoms with E-state index in [1.807, 2.05) is 6.07 Å². The number of hydrogen-bond donors (Lipinski definition) is 1. The summed E-state index contributed by atoms with van der Waals surface area (Å²) in [5, 5.41) is 2.69. The molecule has 0 spiro atoms. The largest absolute Gasteiger partial charge is 0.493 e. The average molecular weight is 548 g/mol. The number of esters is 1. The molecule has 0 fully saturated rings. The fraction of sp³-hybridized carbons (Fsp3) is 0.357. The summed E-state index contributed by atoms with van der Waals surface area (Å²) >= 11 is 0. The van der Waals surface area contributed by atoms with Crippen molar-refractivity contribution in [2.45, 2.75) is 44.8 Å². The van der Waals surface area contributed by atoms with Crippen molar-refractivity contribution in [2.75, 3.05) is 20.0 Å². The molecule has 8 nitrogen and oxygen atoms in total. The number of allylic oxidation sites excluding steroid dienone is 1. The molecular weight excluding hydrogens is 513 g/mol. The highest BCUT2D eigenvalue weighted by atomic mass is 32.2. The fourth-order valence-electron chi connectivity index (χ4n) is 3.84. The van der Waals surface area contributed by atoms with Gasteiger partial charge in [0.25, 0.3) is 16.0 Å². The third-order valence-electron chi connectivity index (χ3n) is 5.53. The fourth-order valence-corrected chi connectivity index (χ4v) is 4.42. The van der Waals surface area contributed by atoms with Crippen LogP contribution in [-0.2, 0) is 28.6 Å². The Kier molecular flexibility index (Phi) is 11.7. The van der Waals surface area contributed by atoms with E-state index in [0.29, 0.717) is 41.0 Å². The first-order valence-electron chi connectivity index (χ1n) is 12.0. The zero-order valence-corrected chi connectivity index (χ0v) is 22.7. The van der Waals surface area contributed by atoms with Crippen molar-refractivity contribution in [3.05, 3.63) is 78.7 Å². The maximum absolute atomic E-state index is 14.2. The molecule has 0 aliphatic heterocycles. The summed E-state index contributed by atoms with van der Waals surface area (Å²) < 4.78 is 53.1. The van der Waals surface area contributed by atoms with E-state index in [9.17, 15) is 22.4 Å². The number of methoxy groups -OCH3 is 1. The van der Waals surface area contributed by atoms with E-state index in [4.69, 9.17) is 13.7 Å². The Morgan fingerprint density at radius 3 is 2.53 bits per heavy atom. The Morgan fingerprint density at radius 1 is 1.16 bits per heavy atom. The molecule has 38 heavy (non-hydrogen) atoms. The highest BCUT2D eigenvalue weighted by molar-refractivity contribution is 7.86. The van der Waals surface area contributed by atoms with Gasteiger partial charge in [0.2, 0.25) is 0 Å². The van der Waals surface area contributed by atoms with Crippen LogP contribution in [0.3, 0.4) is 0 Å². The van der Waals surface area contributed by atoms with Crippen LogP contribution in [0.5, 0.6) is 5.75 Å². The number of aryl methyl sites for hydroxylation is 1. The van der Waals surface area contributed by atoms with E-state index >= 15 is 0 Å². The molecule has 0 unspecified atom stereocenters. The zero-order chi connectivity index (χ0) is 28.3. The van der Waals surface area contributed by atoms with Gasteiger partial charge in [-0.3, -0.25) is 13.8 Å². The molecule has 1 amide bonds. The third-order valence-corrected chi connectivity index (χ3v) is 6.11. The Hall–Kier alpha value is -3.50. The summed E-state index contributed by atoms with van der Waals surface area (Å²) in [4.78, 5) is 25.2. The average Bonchev–Trinajstić information content (AvgIpc) is 2.84. The van der Waals surface area contributed by atoms with Crippen LogP contribution in [0.4, 0.5) is 4.39 Å². The molecule has 206 valence electrons. The summed E-state index contributed by atoms with van der Waals surface area (Å²) in [6.45, 7) is 9.36. The van der Waals surface area contributed by atoms with Gasteiger partial charge in [-0.25, -0.2) is 4.39 Å². The summed E-state index contributed by atoms with van der Waals surface area (Å²) in [6.07, 6.45) is 3.80. The highest BCUT2D eigenvalue weighted by Crippen LogP contribution is 2.36. The first kappa shape index (κ1) is 30.7. The molecule has 2 rings (SSSR count). The summed E-state index contributed by atoms with van der Waals surface area (Å²) in [5.41, 5.74) is 2.53. The zero-order valence-electron chi connectivity index (χ0n) is 21.9. The van der Waals surface area contributed by atoms with E-state index in [1.165, 1.54) is 25.3 Å². The van der Waals surface area contributed by atoms with Gasteiger partial charge in [0.15, 0.2) is 6.10 Å². The van der Waals surface area contributed by atoms with Crippen LogP contribution in [-0.4, -0.2) is 46.4 Å². The lowest BCUT2D eigenvalue weighted by Gasteiger charge is -2.22. The van der Waals surface area contributed by atoms with Crippen molar-refractivity contribution in [1.29, 1.82) is 0 Å². The quantitative estimate of drug-likeness (QED) is 0.148. The number of ether oxygens (including phenoxy) is 2. The lowest BCUT2D eigenvalue weighted by atomic mass is 9.94. The normalized spacial score (nSPS) is 12.7. The minimum Gasteiger partial charge on any atom is -0.493 e. The van der Waals surface area contributed by atoms with E-state index in [-0.39, 0.29) is 12.8 Å². The lowest BCUT2D eigenvalue weighted by molar-refractivity contribution is -0.141. The highest BCUT2D eigenvalue weighted by Gasteiger charge is 2.27. The summed E-state index contributed by atoms with van der Waals surface area (Å²) in [5.74, 6) is -1.39. The monoisotopic (exact) mass is 547 g/mol. The molecule has 0 radical (unpaired) electrons. The van der Waals surface area contributed by atoms with E-state index < -0.39 is 40.0 Å². The molecule has 0 aliphatic carbocycles. The molecular formula is C28H34FNO7S. The number of halogens is 1. The topological polar surface area (TPSA) is 108 Å². The SMILES string of the molecule is C=CCCCOc1cc(F)cc(C)c1-c1cccc([C@H](CC(=O)OC)NC(=O)[C@@H](CC=C)OS(C)(=O)=O)c1. The second-order valence-corrected chi connectivity index (χ2v) is 10.3. The molecule has 1 N–H and O–H groups in total. The second kappa shape index (κ2) is 14.4. The van der Waals surface area contributed by atoms with Crippen LogP contribution in [0.25, 0.3) is 11.1 Å². The van der Waals surface area contributed by atoms with E-state index in [1.54, 1.807) is 31.2 Å². The van der Waals surface area contributed by atoms with Gasteiger partial charge >= 0.3 is 5.97 Å². The van der Waals surface area contributed by atoms with Gasteiger partial charge < -0.3 is 14.8 Å².